The first kappa shape index (κ1) is 19.1. The second-order valence-corrected chi connectivity index (χ2v) is 7.51. The average molecular weight is 377 g/mol. The van der Waals surface area contributed by atoms with Crippen LogP contribution in [0.5, 0.6) is 0 Å². The first-order chi connectivity index (χ1) is 12.7. The third-order valence-corrected chi connectivity index (χ3v) is 5.18. The Morgan fingerprint density at radius 3 is 2.19 bits per heavy atom. The number of hydrogen-bond donors (Lipinski definition) is 2. The summed E-state index contributed by atoms with van der Waals surface area (Å²) in [6.45, 7) is 4.24. The van der Waals surface area contributed by atoms with Gasteiger partial charge in [0.05, 0.1) is 11.8 Å². The molecule has 0 aromatic rings. The molecule has 2 N–H and O–H groups in total. The van der Waals surface area contributed by atoms with Crippen LogP contribution < -0.4 is 10.6 Å². The van der Waals surface area contributed by atoms with E-state index in [-0.39, 0.29) is 41.5 Å². The molecule has 1 aliphatic heterocycles. The standard InChI is InChI=1S/C18H23N3O6/c1-8(2)19-18(26)20-15(23)9(3)27-12(22)7-21-16(24)13-10-4-5-11(6-10)14(13)17(21)25/h4-5,8-11,13-14H,6-7H2,1-3H3,(H2,19,20,23,26)/t9-,10-,11-,13-,14+/m0/s1. The third kappa shape index (κ3) is 3.58. The molecule has 2 fully saturated rings. The van der Waals surface area contributed by atoms with Crippen molar-refractivity contribution in [3.63, 3.8) is 0 Å². The third-order valence-electron chi connectivity index (χ3n) is 5.18. The van der Waals surface area contributed by atoms with Gasteiger partial charge in [-0.25, -0.2) is 4.79 Å². The summed E-state index contributed by atoms with van der Waals surface area (Å²) >= 11 is 0. The zero-order valence-electron chi connectivity index (χ0n) is 15.4. The number of likely N-dealkylation sites (tertiary alicyclic amines) is 1. The molecule has 0 radical (unpaired) electrons. The van der Waals surface area contributed by atoms with Gasteiger partial charge in [-0.15, -0.1) is 0 Å². The van der Waals surface area contributed by atoms with Crippen LogP contribution in [0.4, 0.5) is 4.79 Å². The van der Waals surface area contributed by atoms with Crippen LogP contribution >= 0.6 is 0 Å². The number of nitrogens with one attached hydrogen (secondary N) is 2. The van der Waals surface area contributed by atoms with E-state index < -0.39 is 30.6 Å². The number of allylic oxidation sites excluding steroid dienone is 2. The van der Waals surface area contributed by atoms with Gasteiger partial charge in [0.25, 0.3) is 5.91 Å². The number of urea groups is 1. The number of esters is 1. The van der Waals surface area contributed by atoms with Crippen LogP contribution in [0.1, 0.15) is 27.2 Å². The second-order valence-electron chi connectivity index (χ2n) is 7.51. The van der Waals surface area contributed by atoms with Gasteiger partial charge >= 0.3 is 12.0 Å². The fourth-order valence-electron chi connectivity index (χ4n) is 4.05. The van der Waals surface area contributed by atoms with Gasteiger partial charge in [-0.2, -0.15) is 0 Å². The van der Waals surface area contributed by atoms with Crippen molar-refractivity contribution < 1.29 is 28.7 Å². The van der Waals surface area contributed by atoms with Crippen LogP contribution in [0.25, 0.3) is 0 Å². The predicted molar refractivity (Wildman–Crippen MR) is 91.8 cm³/mol. The summed E-state index contributed by atoms with van der Waals surface area (Å²) in [5.41, 5.74) is 0. The maximum absolute atomic E-state index is 12.5. The van der Waals surface area contributed by atoms with E-state index >= 15 is 0 Å². The highest BCUT2D eigenvalue weighted by Crippen LogP contribution is 2.52. The van der Waals surface area contributed by atoms with Crippen LogP contribution in [-0.2, 0) is 23.9 Å². The highest BCUT2D eigenvalue weighted by Gasteiger charge is 2.59. The summed E-state index contributed by atoms with van der Waals surface area (Å²) in [5, 5.41) is 4.53. The predicted octanol–water partition coefficient (Wildman–Crippen LogP) is -0.0406. The molecule has 1 saturated carbocycles. The lowest BCUT2D eigenvalue weighted by molar-refractivity contribution is -0.159. The van der Waals surface area contributed by atoms with Gasteiger partial charge in [0, 0.05) is 6.04 Å². The fraction of sp³-hybridized carbons (Fsp3) is 0.611. The van der Waals surface area contributed by atoms with E-state index in [9.17, 15) is 24.0 Å². The SMILES string of the molecule is CC(C)NC(=O)NC(=O)[C@H](C)OC(=O)CN1C(=O)[C@@H]2[C@H](C1=O)[C@H]1C=C[C@H]2C1. The van der Waals surface area contributed by atoms with Gasteiger partial charge in [0.2, 0.25) is 11.8 Å². The molecule has 3 aliphatic rings. The first-order valence-corrected chi connectivity index (χ1v) is 9.03. The number of nitrogens with zero attached hydrogens (tertiary/aromatic N) is 1. The summed E-state index contributed by atoms with van der Waals surface area (Å²) in [6.07, 6.45) is 3.50. The summed E-state index contributed by atoms with van der Waals surface area (Å²) in [5.74, 6) is -3.03. The van der Waals surface area contributed by atoms with Crippen molar-refractivity contribution in [3.8, 4) is 0 Å². The molecule has 9 nitrogen and oxygen atoms in total. The van der Waals surface area contributed by atoms with E-state index in [1.165, 1.54) is 6.92 Å². The molecule has 5 amide bonds. The molecular formula is C18H23N3O6. The lowest BCUT2D eigenvalue weighted by atomic mass is 9.85. The lowest BCUT2D eigenvalue weighted by Crippen LogP contribution is -2.47. The molecular weight excluding hydrogens is 354 g/mol. The van der Waals surface area contributed by atoms with E-state index in [2.05, 4.69) is 10.6 Å². The molecule has 0 spiro atoms. The minimum atomic E-state index is -1.24. The largest absolute Gasteiger partial charge is 0.451 e. The highest BCUT2D eigenvalue weighted by atomic mass is 16.5. The zero-order chi connectivity index (χ0) is 19.9. The maximum atomic E-state index is 12.5. The Morgan fingerprint density at radius 2 is 1.67 bits per heavy atom. The number of hydrogen-bond acceptors (Lipinski definition) is 6. The summed E-state index contributed by atoms with van der Waals surface area (Å²) < 4.78 is 4.98. The molecule has 27 heavy (non-hydrogen) atoms. The zero-order valence-corrected chi connectivity index (χ0v) is 15.4. The number of fused-ring (bicyclic) bond motifs is 5. The van der Waals surface area contributed by atoms with Crippen LogP contribution in [0, 0.1) is 23.7 Å². The number of carbonyl (C=O) groups is 5. The van der Waals surface area contributed by atoms with Gasteiger partial charge in [0.15, 0.2) is 6.10 Å². The van der Waals surface area contributed by atoms with Crippen LogP contribution in [0.15, 0.2) is 12.2 Å². The smallest absolute Gasteiger partial charge is 0.326 e. The van der Waals surface area contributed by atoms with E-state index in [0.29, 0.717) is 0 Å². The van der Waals surface area contributed by atoms with Crippen molar-refractivity contribution in [1.29, 1.82) is 0 Å². The number of amides is 5. The molecule has 0 unspecified atom stereocenters. The Labute approximate surface area is 156 Å². The summed E-state index contributed by atoms with van der Waals surface area (Å²) in [7, 11) is 0. The molecule has 0 aromatic carbocycles. The van der Waals surface area contributed by atoms with Crippen molar-refractivity contribution in [2.75, 3.05) is 6.54 Å². The Kier molecular flexibility index (Phi) is 5.03. The molecule has 5 atom stereocenters. The first-order valence-electron chi connectivity index (χ1n) is 9.03. The van der Waals surface area contributed by atoms with Crippen LogP contribution in [-0.4, -0.2) is 53.3 Å². The van der Waals surface area contributed by atoms with E-state index in [1.54, 1.807) is 13.8 Å². The quantitative estimate of drug-likeness (QED) is 0.394. The Balaban J connectivity index is 1.52. The van der Waals surface area contributed by atoms with Gasteiger partial charge in [-0.3, -0.25) is 29.4 Å². The van der Waals surface area contributed by atoms with E-state index in [1.807, 2.05) is 12.2 Å². The fourth-order valence-corrected chi connectivity index (χ4v) is 4.05. The van der Waals surface area contributed by atoms with Gasteiger partial charge < -0.3 is 10.1 Å². The molecule has 1 heterocycles. The Hall–Kier alpha value is -2.71. The summed E-state index contributed by atoms with van der Waals surface area (Å²) in [4.78, 5) is 61.5. The lowest BCUT2D eigenvalue weighted by Gasteiger charge is -2.18. The topological polar surface area (TPSA) is 122 Å². The van der Waals surface area contributed by atoms with Gasteiger partial charge in [-0.05, 0) is 39.0 Å². The number of ether oxygens (including phenoxy) is 1. The number of carbonyl (C=O) groups excluding carboxylic acids is 5. The van der Waals surface area contributed by atoms with E-state index in [4.69, 9.17) is 4.74 Å². The average Bonchev–Trinajstić information content (AvgIpc) is 3.23. The van der Waals surface area contributed by atoms with Gasteiger partial charge in [0.1, 0.15) is 6.54 Å². The van der Waals surface area contributed by atoms with Crippen molar-refractivity contribution in [1.82, 2.24) is 15.5 Å². The number of imide groups is 2. The Bertz CT molecular complexity index is 701. The van der Waals surface area contributed by atoms with Crippen LogP contribution in [0.3, 0.4) is 0 Å². The van der Waals surface area contributed by atoms with Crippen LogP contribution in [0.2, 0.25) is 0 Å². The maximum Gasteiger partial charge on any atom is 0.326 e. The van der Waals surface area contributed by atoms with Crippen molar-refractivity contribution in [3.05, 3.63) is 12.2 Å². The second kappa shape index (κ2) is 7.13. The molecule has 146 valence electrons. The Morgan fingerprint density at radius 1 is 1.11 bits per heavy atom. The molecule has 9 heteroatoms. The summed E-state index contributed by atoms with van der Waals surface area (Å²) in [6, 6.07) is -0.856. The minimum absolute atomic E-state index is 0.0571. The van der Waals surface area contributed by atoms with Gasteiger partial charge in [-0.1, -0.05) is 12.2 Å². The van der Waals surface area contributed by atoms with E-state index in [0.717, 1.165) is 11.3 Å². The normalized spacial score (nSPS) is 29.1. The molecule has 0 aromatic heterocycles. The molecule has 1 saturated heterocycles. The molecule has 2 bridgehead atoms. The van der Waals surface area contributed by atoms with Crippen molar-refractivity contribution in [2.45, 2.75) is 39.3 Å². The van der Waals surface area contributed by atoms with Crippen molar-refractivity contribution >= 4 is 29.7 Å². The monoisotopic (exact) mass is 377 g/mol. The minimum Gasteiger partial charge on any atom is -0.451 e. The molecule has 3 rings (SSSR count). The molecule has 2 aliphatic carbocycles. The highest BCUT2D eigenvalue weighted by molar-refractivity contribution is 6.08. The van der Waals surface area contributed by atoms with Crippen molar-refractivity contribution in [2.24, 2.45) is 23.7 Å². The number of rotatable bonds is 5.